The van der Waals surface area contributed by atoms with E-state index < -0.39 is 29.7 Å². The molecule has 0 saturated carbocycles. The first-order valence-corrected chi connectivity index (χ1v) is 15.1. The molecule has 2 fully saturated rings. The summed E-state index contributed by atoms with van der Waals surface area (Å²) in [5, 5.41) is 11.3. The molecule has 0 radical (unpaired) electrons. The molecule has 0 unspecified atom stereocenters. The van der Waals surface area contributed by atoms with Gasteiger partial charge in [-0.05, 0) is 24.6 Å². The zero-order valence-electron chi connectivity index (χ0n) is 24.0. The molecular formula is C31H31ClFN5O6. The van der Waals surface area contributed by atoms with Crippen molar-refractivity contribution in [1.29, 1.82) is 0 Å². The predicted octanol–water partition coefficient (Wildman–Crippen LogP) is 4.53. The van der Waals surface area contributed by atoms with E-state index in [1.54, 1.807) is 16.7 Å². The van der Waals surface area contributed by atoms with Crippen molar-refractivity contribution in [1.82, 2.24) is 19.9 Å². The van der Waals surface area contributed by atoms with Gasteiger partial charge in [-0.1, -0.05) is 30.7 Å². The van der Waals surface area contributed by atoms with Gasteiger partial charge in [-0.15, -0.1) is 0 Å². The normalized spacial score (nSPS) is 26.2. The Hall–Kier alpha value is -4.03. The Bertz CT molecular complexity index is 1770. The van der Waals surface area contributed by atoms with Gasteiger partial charge in [-0.3, -0.25) is 4.79 Å². The number of hydrogen-bond acceptors (Lipinski definition) is 9. The van der Waals surface area contributed by atoms with Crippen LogP contribution >= 0.6 is 11.6 Å². The molecule has 2 saturated heterocycles. The fraction of sp³-hybridized carbons (Fsp3) is 0.452. The van der Waals surface area contributed by atoms with E-state index in [-0.39, 0.29) is 61.5 Å². The standard InChI is InChI=1S/C31H31ClFN5O6/c1-17-14-37-9-8-31(17,33)21-11-18(32)13-34-29(21)43-19-12-22(30(40)41)38(15-19)28-27-26(20-5-2-3-6-23(20)44-27)35-24(36-28)7-4-10-42-16-25(37)39/h2-3,5-6,11,13,17,19,22H,4,7-10,12,14-16H2,1H3,(H,40,41)/t17-,19-,22-,31+/m0/s1. The number of nitrogens with zero attached hydrogens (tertiary/aromatic N) is 5. The van der Waals surface area contributed by atoms with Crippen molar-refractivity contribution in [3.05, 3.63) is 52.9 Å². The summed E-state index contributed by atoms with van der Waals surface area (Å²) in [5.41, 5.74) is -0.126. The summed E-state index contributed by atoms with van der Waals surface area (Å²) < 4.78 is 35.1. The second-order valence-corrected chi connectivity index (χ2v) is 12.2. The van der Waals surface area contributed by atoms with Crippen LogP contribution in [0.3, 0.4) is 0 Å². The van der Waals surface area contributed by atoms with Gasteiger partial charge in [0.2, 0.25) is 11.8 Å². The van der Waals surface area contributed by atoms with Crippen molar-refractivity contribution < 1.29 is 33.0 Å². The van der Waals surface area contributed by atoms with Crippen LogP contribution in [-0.2, 0) is 26.4 Å². The van der Waals surface area contributed by atoms with Crippen molar-refractivity contribution in [3.8, 4) is 5.88 Å². The average Bonchev–Trinajstić information content (AvgIpc) is 3.60. The molecule has 7 heterocycles. The van der Waals surface area contributed by atoms with Gasteiger partial charge in [0.1, 0.15) is 41.3 Å². The highest BCUT2D eigenvalue weighted by atomic mass is 35.5. The summed E-state index contributed by atoms with van der Waals surface area (Å²) >= 11 is 6.30. The monoisotopic (exact) mass is 623 g/mol. The molecule has 3 aromatic heterocycles. The molecule has 6 bridgehead atoms. The molecule has 4 aromatic rings. The molecular weight excluding hydrogens is 593 g/mol. The fourth-order valence-corrected chi connectivity index (χ4v) is 6.73. The maximum Gasteiger partial charge on any atom is 0.326 e. The molecule has 13 heteroatoms. The van der Waals surface area contributed by atoms with E-state index in [0.29, 0.717) is 47.8 Å². The van der Waals surface area contributed by atoms with E-state index in [4.69, 9.17) is 35.5 Å². The number of alkyl halides is 1. The minimum Gasteiger partial charge on any atom is -0.480 e. The van der Waals surface area contributed by atoms with E-state index in [1.807, 2.05) is 24.3 Å². The number of halogens is 2. The first-order chi connectivity index (χ1) is 21.2. The highest BCUT2D eigenvalue weighted by Gasteiger charge is 2.47. The zero-order valence-corrected chi connectivity index (χ0v) is 24.8. The number of amides is 1. The molecule has 0 aliphatic carbocycles. The van der Waals surface area contributed by atoms with Crippen LogP contribution in [-0.4, -0.2) is 81.8 Å². The molecule has 1 N–H and O–H groups in total. The Morgan fingerprint density at radius 1 is 1.23 bits per heavy atom. The summed E-state index contributed by atoms with van der Waals surface area (Å²) in [6.07, 6.45) is 1.83. The maximum atomic E-state index is 16.9. The van der Waals surface area contributed by atoms with Gasteiger partial charge in [0.25, 0.3) is 0 Å². The van der Waals surface area contributed by atoms with Gasteiger partial charge in [-0.2, -0.15) is 0 Å². The molecule has 8 rings (SSSR count). The minimum absolute atomic E-state index is 0.0261. The molecule has 4 atom stereocenters. The van der Waals surface area contributed by atoms with Crippen molar-refractivity contribution in [2.75, 3.05) is 37.7 Å². The number of aromatic nitrogens is 3. The number of carboxylic acids is 1. The zero-order chi connectivity index (χ0) is 30.6. The van der Waals surface area contributed by atoms with Crippen LogP contribution in [0, 0.1) is 5.92 Å². The number of furan rings is 1. The second-order valence-electron chi connectivity index (χ2n) is 11.7. The third-order valence-corrected chi connectivity index (χ3v) is 9.11. The number of carbonyl (C=O) groups excluding carboxylic acids is 1. The molecule has 1 aromatic carbocycles. The highest BCUT2D eigenvalue weighted by molar-refractivity contribution is 6.30. The van der Waals surface area contributed by atoms with E-state index in [1.165, 1.54) is 12.3 Å². The lowest BCUT2D eigenvalue weighted by Gasteiger charge is -2.42. The third kappa shape index (κ3) is 4.99. The number of para-hydroxylation sites is 1. The Labute approximate surface area is 256 Å². The van der Waals surface area contributed by atoms with E-state index in [0.717, 1.165) is 5.39 Å². The Morgan fingerprint density at radius 2 is 2.07 bits per heavy atom. The number of carbonyl (C=O) groups is 2. The third-order valence-electron chi connectivity index (χ3n) is 8.90. The number of pyridine rings is 1. The van der Waals surface area contributed by atoms with Crippen LogP contribution in [0.5, 0.6) is 5.88 Å². The number of anilines is 1. The lowest BCUT2D eigenvalue weighted by Crippen LogP contribution is -2.50. The van der Waals surface area contributed by atoms with E-state index in [9.17, 15) is 14.7 Å². The molecule has 4 aliphatic rings. The van der Waals surface area contributed by atoms with Crippen LogP contribution < -0.4 is 9.64 Å². The summed E-state index contributed by atoms with van der Waals surface area (Å²) in [7, 11) is 0. The number of carboxylic acid groups (broad SMARTS) is 1. The Balaban J connectivity index is 1.33. The largest absolute Gasteiger partial charge is 0.480 e. The Morgan fingerprint density at radius 3 is 2.89 bits per heavy atom. The first kappa shape index (κ1) is 28.7. The van der Waals surface area contributed by atoms with Crippen LogP contribution in [0.15, 0.2) is 40.9 Å². The number of ether oxygens (including phenoxy) is 2. The number of fused-ring (bicyclic) bond motifs is 10. The maximum absolute atomic E-state index is 16.9. The number of piperidine rings is 1. The van der Waals surface area contributed by atoms with E-state index in [2.05, 4.69) is 4.98 Å². The quantitative estimate of drug-likeness (QED) is 0.323. The number of aryl methyl sites for hydroxylation is 1. The second kappa shape index (κ2) is 11.2. The summed E-state index contributed by atoms with van der Waals surface area (Å²) in [6, 6.07) is 7.98. The van der Waals surface area contributed by atoms with Crippen molar-refractivity contribution in [3.63, 3.8) is 0 Å². The lowest BCUT2D eigenvalue weighted by molar-refractivity contribution is -0.141. The van der Waals surface area contributed by atoms with Crippen molar-refractivity contribution in [2.24, 2.45) is 5.92 Å². The van der Waals surface area contributed by atoms with Gasteiger partial charge >= 0.3 is 5.97 Å². The lowest BCUT2D eigenvalue weighted by atomic mass is 9.78. The van der Waals surface area contributed by atoms with Crippen LogP contribution in [0.4, 0.5) is 10.2 Å². The van der Waals surface area contributed by atoms with Gasteiger partial charge in [0, 0.05) is 56.5 Å². The SMILES string of the molecule is C[C@H]1CN2CC[C@]1(F)c1cc(Cl)cnc1O[C@H]1C[C@@H](C(=O)O)N(C1)c1nc(nc3c1oc1ccccc13)CCCOCC2=O. The number of rotatable bonds is 1. The number of aliphatic carboxylic acids is 1. The van der Waals surface area contributed by atoms with Gasteiger partial charge in [0.05, 0.1) is 17.1 Å². The molecule has 44 heavy (non-hydrogen) atoms. The molecule has 1 amide bonds. The molecule has 11 nitrogen and oxygen atoms in total. The van der Waals surface area contributed by atoms with Gasteiger partial charge < -0.3 is 28.8 Å². The van der Waals surface area contributed by atoms with Crippen molar-refractivity contribution >= 4 is 51.4 Å². The van der Waals surface area contributed by atoms with Crippen LogP contribution in [0.1, 0.15) is 37.6 Å². The minimum atomic E-state index is -1.87. The molecule has 0 spiro atoms. The summed E-state index contributed by atoms with van der Waals surface area (Å²) in [5.74, 6) is -0.939. The molecule has 230 valence electrons. The smallest absolute Gasteiger partial charge is 0.326 e. The summed E-state index contributed by atoms with van der Waals surface area (Å²) in [6.45, 7) is 2.45. The average molecular weight is 624 g/mol. The number of hydrogen-bond donors (Lipinski definition) is 1. The Kier molecular flexibility index (Phi) is 7.28. The van der Waals surface area contributed by atoms with Crippen LogP contribution in [0.2, 0.25) is 5.02 Å². The van der Waals surface area contributed by atoms with Crippen molar-refractivity contribution in [2.45, 2.75) is 50.4 Å². The van der Waals surface area contributed by atoms with Crippen LogP contribution in [0.25, 0.3) is 22.1 Å². The number of benzene rings is 1. The highest BCUT2D eigenvalue weighted by Crippen LogP contribution is 2.46. The van der Waals surface area contributed by atoms with E-state index >= 15 is 4.39 Å². The summed E-state index contributed by atoms with van der Waals surface area (Å²) in [4.78, 5) is 42.7. The first-order valence-electron chi connectivity index (χ1n) is 14.8. The molecule has 4 aliphatic heterocycles. The fourth-order valence-electron chi connectivity index (χ4n) is 6.58. The topological polar surface area (TPSA) is 131 Å². The van der Waals surface area contributed by atoms with Gasteiger partial charge in [-0.25, -0.2) is 24.1 Å². The van der Waals surface area contributed by atoms with Gasteiger partial charge in [0.15, 0.2) is 11.4 Å². The predicted molar refractivity (Wildman–Crippen MR) is 159 cm³/mol.